The Hall–Kier alpha value is -2.27. The van der Waals surface area contributed by atoms with E-state index in [1.807, 2.05) is 6.20 Å². The van der Waals surface area contributed by atoms with Crippen LogP contribution in [0.1, 0.15) is 102 Å². The van der Waals surface area contributed by atoms with Crippen LogP contribution in [-0.2, 0) is 11.2 Å². The molecule has 5 nitrogen and oxygen atoms in total. The van der Waals surface area contributed by atoms with Gasteiger partial charge in [-0.25, -0.2) is 0 Å². The topological polar surface area (TPSA) is 85.4 Å². The number of aromatic nitrogens is 1. The number of benzene rings is 1. The smallest absolute Gasteiger partial charge is 0.221 e. The molecule has 0 radical (unpaired) electrons. The van der Waals surface area contributed by atoms with Crippen molar-refractivity contribution in [1.82, 2.24) is 10.3 Å². The zero-order valence-electron chi connectivity index (χ0n) is 20.5. The number of hydrogen-bond donors (Lipinski definition) is 4. The minimum Gasteiger partial charge on any atom is -0.508 e. The third-order valence-corrected chi connectivity index (χ3v) is 6.16. The van der Waals surface area contributed by atoms with E-state index in [0.29, 0.717) is 12.8 Å². The number of nitrogens with one attached hydrogen (secondary N) is 2. The highest BCUT2D eigenvalue weighted by atomic mass is 16.3. The number of carbonyl (C=O) groups is 1. The van der Waals surface area contributed by atoms with Gasteiger partial charge < -0.3 is 20.5 Å². The molecule has 0 spiro atoms. The van der Waals surface area contributed by atoms with Crippen molar-refractivity contribution >= 4 is 16.8 Å². The number of carbonyl (C=O) groups excluding carboxylic acids is 1. The Bertz CT molecular complexity index is 828. The van der Waals surface area contributed by atoms with Crippen molar-refractivity contribution in [3.63, 3.8) is 0 Å². The van der Waals surface area contributed by atoms with Gasteiger partial charge >= 0.3 is 0 Å². The van der Waals surface area contributed by atoms with Crippen LogP contribution in [0.2, 0.25) is 0 Å². The van der Waals surface area contributed by atoms with Crippen molar-refractivity contribution < 1.29 is 15.0 Å². The van der Waals surface area contributed by atoms with E-state index >= 15 is 0 Å². The first-order chi connectivity index (χ1) is 16.1. The van der Waals surface area contributed by atoms with Gasteiger partial charge in [0.15, 0.2) is 0 Å². The van der Waals surface area contributed by atoms with E-state index in [4.69, 9.17) is 0 Å². The molecule has 1 aromatic carbocycles. The molecule has 1 atom stereocenters. The molecule has 0 aliphatic heterocycles. The number of H-pyrrole nitrogens is 1. The second-order valence-corrected chi connectivity index (χ2v) is 9.17. The SMILES string of the molecule is CCCCCCCC/C=C\CCCCCCCC(=O)N[C@@H](O)Cc1c[nH]c2ccc(O)cc12. The summed E-state index contributed by atoms with van der Waals surface area (Å²) in [5.41, 5.74) is 1.77. The average Bonchev–Trinajstić information content (AvgIpc) is 3.18. The number of hydrogen-bond acceptors (Lipinski definition) is 3. The molecule has 1 amide bonds. The summed E-state index contributed by atoms with van der Waals surface area (Å²) in [5.74, 6) is 0.0777. The summed E-state index contributed by atoms with van der Waals surface area (Å²) >= 11 is 0. The summed E-state index contributed by atoms with van der Waals surface area (Å²) in [6.45, 7) is 2.26. The van der Waals surface area contributed by atoms with Gasteiger partial charge in [-0.05, 0) is 55.9 Å². The molecule has 0 aliphatic carbocycles. The van der Waals surface area contributed by atoms with Crippen LogP contribution in [-0.4, -0.2) is 27.3 Å². The van der Waals surface area contributed by atoms with Crippen molar-refractivity contribution in [3.8, 4) is 5.75 Å². The van der Waals surface area contributed by atoms with Gasteiger partial charge in [-0.3, -0.25) is 4.79 Å². The molecule has 184 valence electrons. The largest absolute Gasteiger partial charge is 0.508 e. The fraction of sp³-hybridized carbons (Fsp3) is 0.607. The first kappa shape index (κ1) is 27.0. The predicted octanol–water partition coefficient (Wildman–Crippen LogP) is 6.89. The molecule has 33 heavy (non-hydrogen) atoms. The summed E-state index contributed by atoms with van der Waals surface area (Å²) in [7, 11) is 0. The number of rotatable bonds is 18. The third kappa shape index (κ3) is 11.4. The summed E-state index contributed by atoms with van der Waals surface area (Å²) < 4.78 is 0. The van der Waals surface area contributed by atoms with Crippen LogP contribution < -0.4 is 5.32 Å². The number of aliphatic hydroxyl groups is 1. The number of aliphatic hydroxyl groups excluding tert-OH is 1. The van der Waals surface area contributed by atoms with Crippen molar-refractivity contribution in [2.24, 2.45) is 0 Å². The van der Waals surface area contributed by atoms with Crippen LogP contribution in [0.4, 0.5) is 0 Å². The van der Waals surface area contributed by atoms with Crippen molar-refractivity contribution in [1.29, 1.82) is 0 Å². The molecule has 4 N–H and O–H groups in total. The Morgan fingerprint density at radius 3 is 2.30 bits per heavy atom. The first-order valence-corrected chi connectivity index (χ1v) is 13.0. The lowest BCUT2D eigenvalue weighted by Gasteiger charge is -2.12. The van der Waals surface area contributed by atoms with Gasteiger partial charge in [-0.15, -0.1) is 0 Å². The summed E-state index contributed by atoms with van der Waals surface area (Å²) in [6, 6.07) is 5.09. The number of allylic oxidation sites excluding steroid dienone is 2. The van der Waals surface area contributed by atoms with Gasteiger partial charge in [0.25, 0.3) is 0 Å². The normalized spacial score (nSPS) is 12.5. The lowest BCUT2D eigenvalue weighted by atomic mass is 10.1. The summed E-state index contributed by atoms with van der Waals surface area (Å²) in [4.78, 5) is 15.2. The van der Waals surface area contributed by atoms with Gasteiger partial charge in [-0.1, -0.05) is 70.4 Å². The number of aromatic amines is 1. The molecule has 0 bridgehead atoms. The molecule has 0 fully saturated rings. The Balaban J connectivity index is 1.45. The van der Waals surface area contributed by atoms with Gasteiger partial charge in [0.05, 0.1) is 0 Å². The predicted molar refractivity (Wildman–Crippen MR) is 137 cm³/mol. The van der Waals surface area contributed by atoms with Crippen molar-refractivity contribution in [2.75, 3.05) is 0 Å². The number of phenols is 1. The van der Waals surface area contributed by atoms with E-state index < -0.39 is 6.23 Å². The molecule has 1 aromatic heterocycles. The standard InChI is InChI=1S/C28H44N2O3/c1-2-3-4-5-6-7-8-9-10-11-12-13-14-15-16-17-27(32)30-28(33)20-23-22-29-26-19-18-24(31)21-25(23)26/h9-10,18-19,21-22,28-29,31,33H,2-8,11-17,20H2,1H3,(H,30,32)/b10-9-/t28-/m0/s1. The second-order valence-electron chi connectivity index (χ2n) is 9.17. The Morgan fingerprint density at radius 2 is 1.61 bits per heavy atom. The third-order valence-electron chi connectivity index (χ3n) is 6.16. The number of fused-ring (bicyclic) bond motifs is 1. The van der Waals surface area contributed by atoms with E-state index in [2.05, 4.69) is 29.4 Å². The number of unbranched alkanes of at least 4 members (excludes halogenated alkanes) is 11. The molecular formula is C28H44N2O3. The lowest BCUT2D eigenvalue weighted by Crippen LogP contribution is -2.35. The Morgan fingerprint density at radius 1 is 0.970 bits per heavy atom. The zero-order chi connectivity index (χ0) is 23.7. The number of amides is 1. The first-order valence-electron chi connectivity index (χ1n) is 13.0. The van der Waals surface area contributed by atoms with Gasteiger partial charge in [0.2, 0.25) is 5.91 Å². The maximum atomic E-state index is 12.1. The summed E-state index contributed by atoms with van der Waals surface area (Å²) in [5, 5.41) is 23.4. The fourth-order valence-corrected chi connectivity index (χ4v) is 4.21. The minimum atomic E-state index is -0.929. The van der Waals surface area contributed by atoms with Crippen LogP contribution in [0, 0.1) is 0 Å². The van der Waals surface area contributed by atoms with Crippen LogP contribution in [0.5, 0.6) is 5.75 Å². The highest BCUT2D eigenvalue weighted by Crippen LogP contribution is 2.23. The molecule has 5 heteroatoms. The molecule has 0 aliphatic rings. The van der Waals surface area contributed by atoms with Crippen LogP contribution in [0.3, 0.4) is 0 Å². The highest BCUT2D eigenvalue weighted by molar-refractivity contribution is 5.84. The maximum Gasteiger partial charge on any atom is 0.221 e. The van der Waals surface area contributed by atoms with Gasteiger partial charge in [-0.2, -0.15) is 0 Å². The van der Waals surface area contributed by atoms with Crippen molar-refractivity contribution in [2.45, 2.75) is 109 Å². The zero-order valence-corrected chi connectivity index (χ0v) is 20.5. The van der Waals surface area contributed by atoms with Crippen LogP contribution in [0.25, 0.3) is 10.9 Å². The van der Waals surface area contributed by atoms with E-state index in [1.165, 1.54) is 57.8 Å². The highest BCUT2D eigenvalue weighted by Gasteiger charge is 2.13. The monoisotopic (exact) mass is 456 g/mol. The van der Waals surface area contributed by atoms with Crippen LogP contribution in [0.15, 0.2) is 36.5 Å². The maximum absolute atomic E-state index is 12.1. The molecule has 2 aromatic rings. The average molecular weight is 457 g/mol. The van der Waals surface area contributed by atoms with Crippen molar-refractivity contribution in [3.05, 3.63) is 42.1 Å². The van der Waals surface area contributed by atoms with E-state index in [0.717, 1.165) is 42.1 Å². The molecule has 1 heterocycles. The molecule has 0 saturated carbocycles. The lowest BCUT2D eigenvalue weighted by molar-refractivity contribution is -0.124. The van der Waals surface area contributed by atoms with E-state index in [9.17, 15) is 15.0 Å². The number of phenolic OH excluding ortho intramolecular Hbond substituents is 1. The quantitative estimate of drug-likeness (QED) is 0.112. The van der Waals surface area contributed by atoms with Gasteiger partial charge in [0.1, 0.15) is 12.0 Å². The van der Waals surface area contributed by atoms with E-state index in [1.54, 1.807) is 18.2 Å². The van der Waals surface area contributed by atoms with E-state index in [-0.39, 0.29) is 11.7 Å². The molecular weight excluding hydrogens is 412 g/mol. The molecule has 0 saturated heterocycles. The molecule has 0 unspecified atom stereocenters. The molecule has 2 rings (SSSR count). The Labute approximate surface area is 199 Å². The second kappa shape index (κ2) is 16.4. The fourth-order valence-electron chi connectivity index (χ4n) is 4.21. The number of aromatic hydroxyl groups is 1. The van der Waals surface area contributed by atoms with Gasteiger partial charge in [0, 0.05) is 29.9 Å². The Kier molecular flexibility index (Phi) is 13.4. The van der Waals surface area contributed by atoms with Crippen LogP contribution >= 0.6 is 0 Å². The minimum absolute atomic E-state index is 0.109. The summed E-state index contributed by atoms with van der Waals surface area (Å²) in [6.07, 6.45) is 22.3.